The number of non-ortho nitro benzene ring substituents is 1. The van der Waals surface area contributed by atoms with Gasteiger partial charge in [0.1, 0.15) is 24.4 Å². The molecule has 0 radical (unpaired) electrons. The molecule has 0 unspecified atom stereocenters. The Morgan fingerprint density at radius 3 is 2.86 bits per heavy atom. The first kappa shape index (κ1) is 15.0. The van der Waals surface area contributed by atoms with Crippen molar-refractivity contribution in [3.63, 3.8) is 0 Å². The average molecular weight is 356 g/mol. The van der Waals surface area contributed by atoms with Crippen LogP contribution < -0.4 is 16.0 Å². The Hall–Kier alpha value is -2.39. The van der Waals surface area contributed by atoms with E-state index in [0.717, 1.165) is 0 Å². The molecule has 110 valence electrons. The van der Waals surface area contributed by atoms with Gasteiger partial charge in [0.25, 0.3) is 11.6 Å². The smallest absolute Gasteiger partial charge is 0.274 e. The van der Waals surface area contributed by atoms with Crippen LogP contribution in [0.25, 0.3) is 0 Å². The highest BCUT2D eigenvalue weighted by molar-refractivity contribution is 9.10. The van der Waals surface area contributed by atoms with Gasteiger partial charge in [-0.05, 0) is 12.1 Å². The van der Waals surface area contributed by atoms with Gasteiger partial charge in [-0.1, -0.05) is 15.9 Å². The molecule has 0 aliphatic rings. The molecule has 0 aliphatic carbocycles. The van der Waals surface area contributed by atoms with E-state index in [2.05, 4.69) is 15.9 Å². The molecule has 9 heteroatoms. The summed E-state index contributed by atoms with van der Waals surface area (Å²) in [7, 11) is 0. The second-order valence-electron chi connectivity index (χ2n) is 3.97. The number of ether oxygens (including phenoxy) is 1. The summed E-state index contributed by atoms with van der Waals surface area (Å²) in [5, 5.41) is 10.7. The van der Waals surface area contributed by atoms with E-state index < -0.39 is 10.8 Å². The van der Waals surface area contributed by atoms with Gasteiger partial charge in [0, 0.05) is 10.5 Å². The number of hydrogen-bond acceptors (Lipinski definition) is 6. The number of hydrazine groups is 1. The Bertz CT molecular complexity index is 685. The van der Waals surface area contributed by atoms with Crippen LogP contribution in [-0.2, 0) is 6.61 Å². The van der Waals surface area contributed by atoms with Crippen LogP contribution in [0.3, 0.4) is 0 Å². The summed E-state index contributed by atoms with van der Waals surface area (Å²) in [4.78, 5) is 21.5. The van der Waals surface area contributed by atoms with Crippen LogP contribution in [0.1, 0.15) is 16.1 Å². The molecule has 2 aromatic rings. The van der Waals surface area contributed by atoms with E-state index in [4.69, 9.17) is 15.0 Å². The summed E-state index contributed by atoms with van der Waals surface area (Å²) in [6.45, 7) is 0.0193. The monoisotopic (exact) mass is 355 g/mol. The summed E-state index contributed by atoms with van der Waals surface area (Å²) < 4.78 is 11.1. The Balaban J connectivity index is 2.07. The van der Waals surface area contributed by atoms with Crippen molar-refractivity contribution < 1.29 is 18.9 Å². The lowest BCUT2D eigenvalue weighted by molar-refractivity contribution is -0.385. The maximum absolute atomic E-state index is 11.2. The zero-order valence-corrected chi connectivity index (χ0v) is 12.1. The molecule has 0 bridgehead atoms. The van der Waals surface area contributed by atoms with Crippen LogP contribution in [0.5, 0.6) is 5.75 Å². The number of furan rings is 1. The normalized spacial score (nSPS) is 10.2. The molecule has 1 aromatic heterocycles. The zero-order valence-electron chi connectivity index (χ0n) is 10.5. The topological polar surface area (TPSA) is 121 Å². The van der Waals surface area contributed by atoms with Gasteiger partial charge in [-0.3, -0.25) is 20.3 Å². The van der Waals surface area contributed by atoms with Crippen LogP contribution in [0.2, 0.25) is 0 Å². The Morgan fingerprint density at radius 2 is 2.19 bits per heavy atom. The minimum atomic E-state index is -0.520. The highest BCUT2D eigenvalue weighted by atomic mass is 79.9. The molecule has 1 amide bonds. The number of amides is 1. The maximum atomic E-state index is 11.2. The quantitative estimate of drug-likeness (QED) is 0.366. The number of hydrogen-bond donors (Lipinski definition) is 2. The lowest BCUT2D eigenvalue weighted by Gasteiger charge is -2.04. The highest BCUT2D eigenvalue weighted by Crippen LogP contribution is 2.26. The molecule has 8 nitrogen and oxygen atoms in total. The third kappa shape index (κ3) is 3.80. The first-order valence-corrected chi connectivity index (χ1v) is 6.45. The molecule has 0 saturated heterocycles. The molecular weight excluding hydrogens is 346 g/mol. The number of benzene rings is 1. The molecule has 1 aromatic carbocycles. The van der Waals surface area contributed by atoms with Crippen molar-refractivity contribution in [2.75, 3.05) is 0 Å². The number of carbonyl (C=O) groups excluding carboxylic acids is 1. The summed E-state index contributed by atoms with van der Waals surface area (Å²) in [5.41, 5.74) is 2.14. The minimum absolute atomic E-state index is 0.0193. The fourth-order valence-electron chi connectivity index (χ4n) is 1.55. The lowest BCUT2D eigenvalue weighted by Crippen LogP contribution is -2.29. The van der Waals surface area contributed by atoms with E-state index in [-0.39, 0.29) is 17.9 Å². The van der Waals surface area contributed by atoms with Crippen molar-refractivity contribution in [1.82, 2.24) is 5.43 Å². The van der Waals surface area contributed by atoms with Crippen molar-refractivity contribution in [2.45, 2.75) is 6.61 Å². The number of nitrogen functional groups attached to an aromatic ring is 1. The number of halogens is 1. The SMILES string of the molecule is NNC(=O)c1coc(COc2cc(Br)cc([N+](=O)[O-])c2)c1. The summed E-state index contributed by atoms with van der Waals surface area (Å²) in [5.74, 6) is 5.20. The molecular formula is C12H10BrN3O5. The minimum Gasteiger partial charge on any atom is -0.485 e. The molecule has 0 spiro atoms. The van der Waals surface area contributed by atoms with Gasteiger partial charge in [0.15, 0.2) is 0 Å². The third-order valence-corrected chi connectivity index (χ3v) is 2.95. The number of nitro benzene ring substituents is 1. The molecule has 0 aliphatic heterocycles. The maximum Gasteiger partial charge on any atom is 0.274 e. The number of rotatable bonds is 5. The first-order valence-electron chi connectivity index (χ1n) is 5.65. The largest absolute Gasteiger partial charge is 0.485 e. The molecule has 3 N–H and O–H groups in total. The number of nitrogens with two attached hydrogens (primary N) is 1. The number of carbonyl (C=O) groups is 1. The highest BCUT2D eigenvalue weighted by Gasteiger charge is 2.12. The van der Waals surface area contributed by atoms with Crippen LogP contribution in [-0.4, -0.2) is 10.8 Å². The van der Waals surface area contributed by atoms with Gasteiger partial charge in [-0.25, -0.2) is 5.84 Å². The fraction of sp³-hybridized carbons (Fsp3) is 0.0833. The van der Waals surface area contributed by atoms with Crippen molar-refractivity contribution in [1.29, 1.82) is 0 Å². The Morgan fingerprint density at radius 1 is 1.43 bits per heavy atom. The number of nitrogens with one attached hydrogen (secondary N) is 1. The molecule has 0 fully saturated rings. The van der Waals surface area contributed by atoms with Crippen molar-refractivity contribution in [2.24, 2.45) is 5.84 Å². The average Bonchev–Trinajstić information content (AvgIpc) is 2.92. The van der Waals surface area contributed by atoms with Gasteiger partial charge in [0.05, 0.1) is 16.6 Å². The third-order valence-electron chi connectivity index (χ3n) is 2.50. The Kier molecular flexibility index (Phi) is 4.55. The molecule has 1 heterocycles. The molecule has 0 saturated carbocycles. The van der Waals surface area contributed by atoms with Crippen LogP contribution in [0, 0.1) is 10.1 Å². The van der Waals surface area contributed by atoms with E-state index in [1.807, 2.05) is 5.43 Å². The van der Waals surface area contributed by atoms with E-state index in [0.29, 0.717) is 16.0 Å². The summed E-state index contributed by atoms with van der Waals surface area (Å²) in [6.07, 6.45) is 1.24. The van der Waals surface area contributed by atoms with Gasteiger partial charge in [-0.2, -0.15) is 0 Å². The van der Waals surface area contributed by atoms with Crippen LogP contribution in [0.15, 0.2) is 39.4 Å². The molecule has 21 heavy (non-hydrogen) atoms. The van der Waals surface area contributed by atoms with E-state index in [1.165, 1.54) is 24.5 Å². The predicted octanol–water partition coefficient (Wildman–Crippen LogP) is 2.13. The van der Waals surface area contributed by atoms with E-state index >= 15 is 0 Å². The zero-order chi connectivity index (χ0) is 15.4. The van der Waals surface area contributed by atoms with Gasteiger partial charge in [-0.15, -0.1) is 0 Å². The molecule has 2 rings (SSSR count). The number of nitrogens with zero attached hydrogens (tertiary/aromatic N) is 1. The molecule has 0 atom stereocenters. The second-order valence-corrected chi connectivity index (χ2v) is 4.88. The van der Waals surface area contributed by atoms with Crippen molar-refractivity contribution in [3.05, 3.63) is 56.4 Å². The van der Waals surface area contributed by atoms with E-state index in [1.54, 1.807) is 6.07 Å². The predicted molar refractivity (Wildman–Crippen MR) is 75.5 cm³/mol. The lowest BCUT2D eigenvalue weighted by atomic mass is 10.3. The van der Waals surface area contributed by atoms with Crippen molar-refractivity contribution in [3.8, 4) is 5.75 Å². The standard InChI is InChI=1S/C12H10BrN3O5/c13-8-2-9(16(18)19)4-10(3-8)21-6-11-1-7(5-20-11)12(17)15-14/h1-5H,6,14H2,(H,15,17). The van der Waals surface area contributed by atoms with Gasteiger partial charge >= 0.3 is 0 Å². The summed E-state index contributed by atoms with van der Waals surface area (Å²) in [6, 6.07) is 5.71. The second kappa shape index (κ2) is 6.37. The summed E-state index contributed by atoms with van der Waals surface area (Å²) >= 11 is 3.17. The van der Waals surface area contributed by atoms with Crippen molar-refractivity contribution >= 4 is 27.5 Å². The number of nitro groups is 1. The fourth-order valence-corrected chi connectivity index (χ4v) is 2.01. The van der Waals surface area contributed by atoms with Gasteiger partial charge < -0.3 is 9.15 Å². The van der Waals surface area contributed by atoms with Gasteiger partial charge in [0.2, 0.25) is 0 Å². The van der Waals surface area contributed by atoms with E-state index in [9.17, 15) is 14.9 Å². The van der Waals surface area contributed by atoms with Crippen LogP contribution in [0.4, 0.5) is 5.69 Å². The Labute approximate surface area is 127 Å². The first-order chi connectivity index (χ1) is 9.99. The van der Waals surface area contributed by atoms with Crippen LogP contribution >= 0.6 is 15.9 Å².